The Morgan fingerprint density at radius 2 is 1.56 bits per heavy atom. The predicted molar refractivity (Wildman–Crippen MR) is 162 cm³/mol. The van der Waals surface area contributed by atoms with Crippen LogP contribution in [-0.2, 0) is 32.6 Å². The normalized spacial score (nSPS) is 12.2. The molecular weight excluding hydrogens is 612 g/mol. The molecule has 7 nitrogen and oxygen atoms in total. The highest BCUT2D eigenvalue weighted by Gasteiger charge is 2.34. The second kappa shape index (κ2) is 14.4. The number of rotatable bonds is 12. The van der Waals surface area contributed by atoms with E-state index >= 15 is 0 Å². The molecule has 3 aromatic rings. The van der Waals surface area contributed by atoms with Crippen molar-refractivity contribution < 1.29 is 22.4 Å². The molecule has 1 atom stereocenters. The number of sulfonamides is 1. The summed E-state index contributed by atoms with van der Waals surface area (Å²) in [7, 11) is -4.04. The summed E-state index contributed by atoms with van der Waals surface area (Å²) in [5, 5.41) is 3.14. The highest BCUT2D eigenvalue weighted by Crippen LogP contribution is 2.29. The Kier molecular flexibility index (Phi) is 11.4. The van der Waals surface area contributed by atoms with Gasteiger partial charge in [0.1, 0.15) is 18.4 Å². The quantitative estimate of drug-likeness (QED) is 0.264. The molecule has 0 radical (unpaired) electrons. The number of benzene rings is 3. The molecule has 0 bridgehead atoms. The summed E-state index contributed by atoms with van der Waals surface area (Å²) in [6.07, 6.45) is 1.06. The van der Waals surface area contributed by atoms with Crippen LogP contribution in [0.2, 0.25) is 15.1 Å². The first-order valence-corrected chi connectivity index (χ1v) is 15.7. The Labute approximate surface area is 255 Å². The first kappa shape index (κ1) is 32.7. The maximum atomic E-state index is 14.1. The highest BCUT2D eigenvalue weighted by atomic mass is 35.5. The molecule has 0 spiro atoms. The van der Waals surface area contributed by atoms with Gasteiger partial charge in [-0.3, -0.25) is 13.9 Å². The largest absolute Gasteiger partial charge is 0.354 e. The fourth-order valence-electron chi connectivity index (χ4n) is 4.08. The van der Waals surface area contributed by atoms with Crippen LogP contribution in [0.25, 0.3) is 0 Å². The van der Waals surface area contributed by atoms with Crippen LogP contribution in [0.5, 0.6) is 0 Å². The predicted octanol–water partition coefficient (Wildman–Crippen LogP) is 5.96. The lowest BCUT2D eigenvalue weighted by molar-refractivity contribution is -0.140. The van der Waals surface area contributed by atoms with Gasteiger partial charge in [-0.05, 0) is 41.8 Å². The first-order chi connectivity index (χ1) is 19.3. The summed E-state index contributed by atoms with van der Waals surface area (Å²) in [6, 6.07) is 16.3. The minimum atomic E-state index is -4.04. The molecule has 0 fully saturated rings. The Balaban J connectivity index is 2.10. The fraction of sp³-hybridized carbons (Fsp3) is 0.310. The molecule has 0 aliphatic rings. The van der Waals surface area contributed by atoms with Crippen molar-refractivity contribution in [3.05, 3.63) is 98.7 Å². The maximum absolute atomic E-state index is 14.1. The van der Waals surface area contributed by atoms with Gasteiger partial charge in [0, 0.05) is 35.1 Å². The topological polar surface area (TPSA) is 86.8 Å². The molecule has 0 heterocycles. The highest BCUT2D eigenvalue weighted by molar-refractivity contribution is 7.92. The Morgan fingerprint density at radius 3 is 2.12 bits per heavy atom. The van der Waals surface area contributed by atoms with E-state index in [-0.39, 0.29) is 39.6 Å². The van der Waals surface area contributed by atoms with E-state index < -0.39 is 40.2 Å². The average molecular weight is 643 g/mol. The van der Waals surface area contributed by atoms with Crippen LogP contribution in [0.1, 0.15) is 25.0 Å². The van der Waals surface area contributed by atoms with Gasteiger partial charge in [-0.25, -0.2) is 12.8 Å². The van der Waals surface area contributed by atoms with Crippen LogP contribution >= 0.6 is 34.8 Å². The average Bonchev–Trinajstić information content (AvgIpc) is 2.90. The number of carbonyl (C=O) groups excluding carboxylic acids is 2. The Hall–Kier alpha value is -2.85. The number of anilines is 1. The van der Waals surface area contributed by atoms with Gasteiger partial charge in [-0.15, -0.1) is 0 Å². The van der Waals surface area contributed by atoms with E-state index in [1.807, 2.05) is 44.2 Å². The van der Waals surface area contributed by atoms with E-state index in [0.717, 1.165) is 28.3 Å². The second-order valence-electron chi connectivity index (χ2n) is 9.93. The monoisotopic (exact) mass is 641 g/mol. The summed E-state index contributed by atoms with van der Waals surface area (Å²) >= 11 is 18.8. The van der Waals surface area contributed by atoms with E-state index in [1.165, 1.54) is 11.0 Å². The van der Waals surface area contributed by atoms with Crippen molar-refractivity contribution in [3.63, 3.8) is 0 Å². The first-order valence-electron chi connectivity index (χ1n) is 12.7. The SMILES string of the molecule is CC(C)CNC(=O)[C@@H](Cc1ccccc1)N(Cc1c(Cl)cccc1Cl)C(=O)CN(c1ccc(F)c(Cl)c1)S(C)(=O)=O. The minimum Gasteiger partial charge on any atom is -0.354 e. The Morgan fingerprint density at radius 1 is 0.927 bits per heavy atom. The minimum absolute atomic E-state index is 0.00755. The van der Waals surface area contributed by atoms with E-state index in [0.29, 0.717) is 12.1 Å². The van der Waals surface area contributed by atoms with Crippen molar-refractivity contribution in [2.75, 3.05) is 23.7 Å². The van der Waals surface area contributed by atoms with Gasteiger partial charge in [-0.2, -0.15) is 0 Å². The van der Waals surface area contributed by atoms with E-state index in [4.69, 9.17) is 34.8 Å². The van der Waals surface area contributed by atoms with Crippen LogP contribution in [0.4, 0.5) is 10.1 Å². The molecule has 12 heteroatoms. The standard InChI is InChI=1S/C29H31Cl3FN3O4S/c1-19(2)16-34-29(38)27(14-20-8-5-4-6-9-20)35(17-22-23(30)10-7-11-24(22)31)28(37)18-36(41(3,39)40)21-12-13-26(33)25(32)15-21/h4-13,15,19,27H,14,16-18H2,1-3H3,(H,34,38)/t27-/m1/s1. The van der Waals surface area contributed by atoms with Crippen LogP contribution in [0, 0.1) is 11.7 Å². The molecule has 3 rings (SSSR count). The number of nitrogens with zero attached hydrogens (tertiary/aromatic N) is 2. The number of amides is 2. The number of hydrogen-bond acceptors (Lipinski definition) is 4. The van der Waals surface area contributed by atoms with E-state index in [2.05, 4.69) is 5.32 Å². The lowest BCUT2D eigenvalue weighted by Crippen LogP contribution is -2.53. The molecule has 1 N–H and O–H groups in total. The van der Waals surface area contributed by atoms with Gasteiger partial charge in [0.05, 0.1) is 17.0 Å². The van der Waals surface area contributed by atoms with Gasteiger partial charge in [0.2, 0.25) is 21.8 Å². The maximum Gasteiger partial charge on any atom is 0.244 e. The third kappa shape index (κ3) is 9.07. The van der Waals surface area contributed by atoms with Crippen molar-refractivity contribution in [1.82, 2.24) is 10.2 Å². The lowest BCUT2D eigenvalue weighted by atomic mass is 10.0. The van der Waals surface area contributed by atoms with Gasteiger partial charge in [0.15, 0.2) is 0 Å². The molecule has 0 unspecified atom stereocenters. The van der Waals surface area contributed by atoms with E-state index in [1.54, 1.807) is 18.2 Å². The number of hydrogen-bond donors (Lipinski definition) is 1. The third-order valence-corrected chi connectivity index (χ3v) is 8.35. The van der Waals surface area contributed by atoms with Crippen molar-refractivity contribution in [2.45, 2.75) is 32.9 Å². The summed E-state index contributed by atoms with van der Waals surface area (Å²) in [6.45, 7) is 3.38. The zero-order chi connectivity index (χ0) is 30.3. The zero-order valence-electron chi connectivity index (χ0n) is 22.8. The smallest absolute Gasteiger partial charge is 0.244 e. The summed E-state index contributed by atoms with van der Waals surface area (Å²) in [5.41, 5.74) is 1.17. The van der Waals surface area contributed by atoms with E-state index in [9.17, 15) is 22.4 Å². The lowest BCUT2D eigenvalue weighted by Gasteiger charge is -2.34. The van der Waals surface area contributed by atoms with Gasteiger partial charge < -0.3 is 10.2 Å². The Bertz CT molecular complexity index is 1470. The number of nitrogens with one attached hydrogen (secondary N) is 1. The molecule has 0 aliphatic heterocycles. The van der Waals surface area contributed by atoms with Crippen LogP contribution < -0.4 is 9.62 Å². The number of carbonyl (C=O) groups is 2. The van der Waals surface area contributed by atoms with Gasteiger partial charge in [-0.1, -0.05) is 85.0 Å². The summed E-state index contributed by atoms with van der Waals surface area (Å²) in [5.74, 6) is -1.72. The molecule has 0 saturated heterocycles. The molecule has 2 amide bonds. The van der Waals surface area contributed by atoms with Crippen LogP contribution in [-0.4, -0.2) is 50.5 Å². The van der Waals surface area contributed by atoms with Crippen LogP contribution in [0.3, 0.4) is 0 Å². The van der Waals surface area contributed by atoms with Crippen LogP contribution in [0.15, 0.2) is 66.7 Å². The van der Waals surface area contributed by atoms with Gasteiger partial charge >= 0.3 is 0 Å². The zero-order valence-corrected chi connectivity index (χ0v) is 25.9. The molecule has 0 aromatic heterocycles. The number of halogens is 4. The molecule has 3 aromatic carbocycles. The molecule has 0 aliphatic carbocycles. The molecule has 0 saturated carbocycles. The fourth-order valence-corrected chi connectivity index (χ4v) is 5.62. The molecule has 41 heavy (non-hydrogen) atoms. The molecule has 220 valence electrons. The van der Waals surface area contributed by atoms with Crippen molar-refractivity contribution in [2.24, 2.45) is 5.92 Å². The van der Waals surface area contributed by atoms with Crippen molar-refractivity contribution in [3.8, 4) is 0 Å². The van der Waals surface area contributed by atoms with Crippen molar-refractivity contribution >= 4 is 62.3 Å². The van der Waals surface area contributed by atoms with Gasteiger partial charge in [0.25, 0.3) is 0 Å². The third-order valence-electron chi connectivity index (χ3n) is 6.22. The van der Waals surface area contributed by atoms with Crippen molar-refractivity contribution in [1.29, 1.82) is 0 Å². The second-order valence-corrected chi connectivity index (χ2v) is 13.1. The molecular formula is C29H31Cl3FN3O4S. The summed E-state index contributed by atoms with van der Waals surface area (Å²) < 4.78 is 40.3. The summed E-state index contributed by atoms with van der Waals surface area (Å²) in [4.78, 5) is 29.0.